The quantitative estimate of drug-likeness (QED) is 0.0502. The maximum absolute atomic E-state index is 13.6. The molecular weight excluding hydrogens is 602 g/mol. The average Bonchev–Trinajstić information content (AvgIpc) is 3.06. The Hall–Kier alpha value is -3.68. The number of benzene rings is 1. The molecule has 3 N–H and O–H groups in total. The normalized spacial score (nSPS) is 13.6. The van der Waals surface area contributed by atoms with Crippen molar-refractivity contribution >= 4 is 23.6 Å². The van der Waals surface area contributed by atoms with Crippen LogP contribution >= 0.6 is 0 Å². The Morgan fingerprint density at radius 2 is 1.60 bits per heavy atom. The number of ketones is 1. The van der Waals surface area contributed by atoms with E-state index < -0.39 is 35.4 Å². The Kier molecular flexibility index (Phi) is 21.5. The van der Waals surface area contributed by atoms with Crippen LogP contribution in [0.15, 0.2) is 36.4 Å². The van der Waals surface area contributed by atoms with Crippen LogP contribution < -0.4 is 10.1 Å². The molecular formula is C37H55NO9. The van der Waals surface area contributed by atoms with Crippen molar-refractivity contribution in [3.8, 4) is 17.6 Å². The van der Waals surface area contributed by atoms with E-state index in [-0.39, 0.29) is 26.1 Å². The summed E-state index contributed by atoms with van der Waals surface area (Å²) in [7, 11) is 2.57. The van der Waals surface area contributed by atoms with Gasteiger partial charge in [0.2, 0.25) is 5.91 Å². The van der Waals surface area contributed by atoms with Crippen LogP contribution in [0.1, 0.15) is 103 Å². The minimum atomic E-state index is -2.48. The van der Waals surface area contributed by atoms with Gasteiger partial charge in [-0.1, -0.05) is 75.7 Å². The molecule has 10 heteroatoms. The van der Waals surface area contributed by atoms with Gasteiger partial charge in [0.1, 0.15) is 24.2 Å². The number of carbonyl (C=O) groups is 4. The highest BCUT2D eigenvalue weighted by molar-refractivity contribution is 5.92. The third-order valence-electron chi connectivity index (χ3n) is 7.97. The molecule has 1 amide bonds. The highest BCUT2D eigenvalue weighted by Gasteiger charge is 2.47. The smallest absolute Gasteiger partial charge is 0.336 e. The number of carboxylic acids is 1. The average molecular weight is 658 g/mol. The van der Waals surface area contributed by atoms with Crippen LogP contribution in [0, 0.1) is 17.8 Å². The van der Waals surface area contributed by atoms with Crippen LogP contribution in [0.4, 0.5) is 0 Å². The molecule has 0 radical (unpaired) electrons. The maximum Gasteiger partial charge on any atom is 0.336 e. The van der Waals surface area contributed by atoms with Gasteiger partial charge in [0.25, 0.3) is 0 Å². The van der Waals surface area contributed by atoms with Gasteiger partial charge in [-0.05, 0) is 50.3 Å². The van der Waals surface area contributed by atoms with Crippen LogP contribution in [0.5, 0.6) is 5.75 Å². The molecule has 1 aromatic carbocycles. The van der Waals surface area contributed by atoms with Crippen LogP contribution in [0.3, 0.4) is 0 Å². The van der Waals surface area contributed by atoms with E-state index >= 15 is 0 Å². The number of methoxy groups -OCH3 is 2. The van der Waals surface area contributed by atoms with Crippen molar-refractivity contribution in [3.63, 3.8) is 0 Å². The van der Waals surface area contributed by atoms with E-state index in [0.29, 0.717) is 36.4 Å². The molecule has 0 spiro atoms. The number of hydrogen-bond donors (Lipinski definition) is 3. The maximum atomic E-state index is 13.6. The van der Waals surface area contributed by atoms with Gasteiger partial charge in [0, 0.05) is 39.4 Å². The summed E-state index contributed by atoms with van der Waals surface area (Å²) < 4.78 is 15.4. The zero-order valence-electron chi connectivity index (χ0n) is 28.7. The van der Waals surface area contributed by atoms with Crippen molar-refractivity contribution < 1.29 is 43.6 Å². The number of rotatable bonds is 26. The van der Waals surface area contributed by atoms with Crippen molar-refractivity contribution in [1.82, 2.24) is 5.32 Å². The monoisotopic (exact) mass is 657 g/mol. The molecule has 0 aliphatic heterocycles. The van der Waals surface area contributed by atoms with Crippen LogP contribution in [-0.4, -0.2) is 72.9 Å². The molecule has 0 heterocycles. The lowest BCUT2D eigenvalue weighted by Gasteiger charge is -2.30. The number of allylic oxidation sites excluding steroid dienone is 1. The van der Waals surface area contributed by atoms with Crippen LogP contribution in [-0.2, 0) is 35.1 Å². The second-order valence-electron chi connectivity index (χ2n) is 11.7. The number of hydrogen-bond acceptors (Lipinski definition) is 8. The number of carboxylic acid groups (broad SMARTS) is 1. The summed E-state index contributed by atoms with van der Waals surface area (Å²) in [5, 5.41) is 23.8. The summed E-state index contributed by atoms with van der Waals surface area (Å²) in [6.45, 7) is 4.02. The fraction of sp³-hybridized carbons (Fsp3) is 0.622. The summed E-state index contributed by atoms with van der Waals surface area (Å²) in [6.07, 6.45) is 13.6. The summed E-state index contributed by atoms with van der Waals surface area (Å²) in [5.74, 6) is 1.82. The Balaban J connectivity index is 2.87. The highest BCUT2D eigenvalue weighted by Crippen LogP contribution is 2.26. The highest BCUT2D eigenvalue weighted by atomic mass is 16.5. The lowest BCUT2D eigenvalue weighted by atomic mass is 9.83. The van der Waals surface area contributed by atoms with Gasteiger partial charge >= 0.3 is 11.9 Å². The number of aliphatic carboxylic acids is 1. The first-order valence-corrected chi connectivity index (χ1v) is 16.7. The number of amides is 1. The van der Waals surface area contributed by atoms with Crippen molar-refractivity contribution in [3.05, 3.63) is 42.0 Å². The van der Waals surface area contributed by atoms with Gasteiger partial charge < -0.3 is 29.7 Å². The van der Waals surface area contributed by atoms with Crippen molar-refractivity contribution in [2.75, 3.05) is 27.4 Å². The summed E-state index contributed by atoms with van der Waals surface area (Å²) in [4.78, 5) is 50.6. The number of Topliss-reactive ketones (excluding diaryl/α,β-unsaturated/α-hetero) is 1. The van der Waals surface area contributed by atoms with E-state index in [4.69, 9.17) is 14.2 Å². The lowest BCUT2D eigenvalue weighted by Crippen LogP contribution is -2.55. The van der Waals surface area contributed by atoms with Gasteiger partial charge in [-0.15, -0.1) is 5.92 Å². The molecule has 1 aromatic rings. The predicted octanol–water partition coefficient (Wildman–Crippen LogP) is 5.58. The van der Waals surface area contributed by atoms with Crippen molar-refractivity contribution in [1.29, 1.82) is 0 Å². The molecule has 262 valence electrons. The Bertz CT molecular complexity index is 1170. The van der Waals surface area contributed by atoms with E-state index in [1.54, 1.807) is 37.3 Å². The molecule has 0 aromatic heterocycles. The predicted molar refractivity (Wildman–Crippen MR) is 181 cm³/mol. The molecule has 0 aliphatic carbocycles. The third kappa shape index (κ3) is 16.6. The van der Waals surface area contributed by atoms with E-state index in [2.05, 4.69) is 24.1 Å². The number of esters is 1. The first-order valence-electron chi connectivity index (χ1n) is 16.7. The molecule has 3 atom stereocenters. The minimum Gasteiger partial charge on any atom is -0.481 e. The fourth-order valence-electron chi connectivity index (χ4n) is 5.08. The molecule has 0 unspecified atom stereocenters. The zero-order valence-corrected chi connectivity index (χ0v) is 28.7. The molecule has 1 rings (SSSR count). The largest absolute Gasteiger partial charge is 0.481 e. The number of unbranched alkanes of at least 4 members (excludes halogenated alkanes) is 8. The Morgan fingerprint density at radius 1 is 0.957 bits per heavy atom. The SMILES string of the molecule is CC#CCOc1ccc(C[C@H](NC(=O)[C@@H](/C=C/CCCCCCC(=O)CCCCCCC)[C@@](O)(CCOC)C(=O)O)C(=O)OC)cc1. The van der Waals surface area contributed by atoms with E-state index in [1.165, 1.54) is 39.6 Å². The molecule has 0 saturated heterocycles. The second kappa shape index (κ2) is 24.5. The zero-order chi connectivity index (χ0) is 34.9. The molecule has 47 heavy (non-hydrogen) atoms. The van der Waals surface area contributed by atoms with Gasteiger partial charge in [0.15, 0.2) is 5.60 Å². The third-order valence-corrected chi connectivity index (χ3v) is 7.97. The molecule has 10 nitrogen and oxygen atoms in total. The first kappa shape index (κ1) is 41.3. The van der Waals surface area contributed by atoms with E-state index in [9.17, 15) is 29.4 Å². The number of ether oxygens (including phenoxy) is 3. The van der Waals surface area contributed by atoms with Gasteiger partial charge in [0.05, 0.1) is 13.0 Å². The van der Waals surface area contributed by atoms with Gasteiger partial charge in [-0.2, -0.15) is 0 Å². The van der Waals surface area contributed by atoms with Gasteiger partial charge in [-0.25, -0.2) is 9.59 Å². The van der Waals surface area contributed by atoms with Crippen LogP contribution in [0.25, 0.3) is 0 Å². The Labute approximate surface area is 280 Å². The summed E-state index contributed by atoms with van der Waals surface area (Å²) >= 11 is 0. The second-order valence-corrected chi connectivity index (χ2v) is 11.7. The molecule has 0 aliphatic rings. The van der Waals surface area contributed by atoms with E-state index in [1.807, 2.05) is 0 Å². The van der Waals surface area contributed by atoms with Crippen LogP contribution in [0.2, 0.25) is 0 Å². The summed E-state index contributed by atoms with van der Waals surface area (Å²) in [6, 6.07) is 5.78. The fourth-order valence-corrected chi connectivity index (χ4v) is 5.08. The van der Waals surface area contributed by atoms with Gasteiger partial charge in [-0.3, -0.25) is 9.59 Å². The van der Waals surface area contributed by atoms with Crippen molar-refractivity contribution in [2.24, 2.45) is 5.92 Å². The molecule has 0 bridgehead atoms. The lowest BCUT2D eigenvalue weighted by molar-refractivity contribution is -0.169. The summed E-state index contributed by atoms with van der Waals surface area (Å²) in [5.41, 5.74) is -1.78. The number of aliphatic hydroxyl groups is 1. The minimum absolute atomic E-state index is 0.0643. The van der Waals surface area contributed by atoms with Crippen molar-refractivity contribution in [2.45, 2.75) is 115 Å². The Morgan fingerprint density at radius 3 is 2.17 bits per heavy atom. The standard InChI is InChI=1S/C37H55NO9/c1-5-7-9-12-15-18-30(39)19-16-13-10-11-14-17-20-32(37(44,36(42)43)25-27-45-3)34(40)38-33(35(41)46-4)28-29-21-23-31(24-22-29)47-26-8-6-2/h17,20-24,32-33,44H,5,7,9-16,18-19,25-28H2,1-4H3,(H,38,40)(H,42,43)/b20-17+/t32-,33+,37+/m1/s1. The topological polar surface area (TPSA) is 148 Å². The molecule has 0 fully saturated rings. The number of carbonyl (C=O) groups excluding carboxylic acids is 3. The molecule has 0 saturated carbocycles. The van der Waals surface area contributed by atoms with E-state index in [0.717, 1.165) is 38.5 Å². The first-order chi connectivity index (χ1) is 22.6. The number of nitrogens with one attached hydrogen (secondary N) is 1.